The number of H-pyrrole nitrogens is 1. The number of nitrogens with zero attached hydrogens (tertiary/aromatic N) is 1. The normalized spacial score (nSPS) is 15.4. The Morgan fingerprint density at radius 3 is 2.94 bits per heavy atom. The third kappa shape index (κ3) is 1.70. The van der Waals surface area contributed by atoms with Crippen molar-refractivity contribution >= 4 is 34.9 Å². The van der Waals surface area contributed by atoms with Crippen LogP contribution in [0.3, 0.4) is 0 Å². The zero-order chi connectivity index (χ0) is 11.8. The molecule has 1 aromatic carbocycles. The van der Waals surface area contributed by atoms with Crippen molar-refractivity contribution < 1.29 is 5.11 Å². The van der Waals surface area contributed by atoms with Crippen molar-refractivity contribution in [3.8, 4) is 5.88 Å². The Hall–Kier alpha value is -2.14. The number of allylic oxidation sites excluding steroid dienone is 1. The van der Waals surface area contributed by atoms with Gasteiger partial charge < -0.3 is 5.11 Å². The second-order valence-electron chi connectivity index (χ2n) is 3.60. The van der Waals surface area contributed by atoms with Crippen LogP contribution in [-0.2, 0) is 0 Å². The summed E-state index contributed by atoms with van der Waals surface area (Å²) in [5, 5.41) is 9.51. The standard InChI is InChI=1S/C12H8N2O2S/c15-11-10(17-12(16)14-11)5-7-6-13-9-4-2-1-3-8(7)9/h1-6,15H,(H,14,16)/b7-5-. The predicted molar refractivity (Wildman–Crippen MR) is 69.1 cm³/mol. The number of aromatic amines is 1. The van der Waals surface area contributed by atoms with Crippen molar-refractivity contribution in [2.45, 2.75) is 0 Å². The predicted octanol–water partition coefficient (Wildman–Crippen LogP) is 2.40. The van der Waals surface area contributed by atoms with Crippen LogP contribution in [0, 0.1) is 0 Å². The lowest BCUT2D eigenvalue weighted by Gasteiger charge is -1.97. The van der Waals surface area contributed by atoms with E-state index in [-0.39, 0.29) is 10.8 Å². The van der Waals surface area contributed by atoms with Gasteiger partial charge in [0.05, 0.1) is 10.6 Å². The van der Waals surface area contributed by atoms with E-state index >= 15 is 0 Å². The fourth-order valence-electron chi connectivity index (χ4n) is 1.73. The van der Waals surface area contributed by atoms with Crippen LogP contribution in [0.1, 0.15) is 10.4 Å². The number of aromatic nitrogens is 1. The molecule has 1 aromatic heterocycles. The van der Waals surface area contributed by atoms with Gasteiger partial charge >= 0.3 is 4.87 Å². The van der Waals surface area contributed by atoms with Crippen molar-refractivity contribution in [2.24, 2.45) is 4.99 Å². The molecule has 0 bridgehead atoms. The second-order valence-corrected chi connectivity index (χ2v) is 4.62. The van der Waals surface area contributed by atoms with E-state index in [0.717, 1.165) is 28.2 Å². The number of thiazole rings is 1. The largest absolute Gasteiger partial charge is 0.493 e. The smallest absolute Gasteiger partial charge is 0.307 e. The fraction of sp³-hybridized carbons (Fsp3) is 0. The molecule has 0 amide bonds. The second kappa shape index (κ2) is 3.71. The Labute approximate surface area is 101 Å². The maximum Gasteiger partial charge on any atom is 0.307 e. The average Bonchev–Trinajstić information content (AvgIpc) is 2.85. The van der Waals surface area contributed by atoms with E-state index in [4.69, 9.17) is 0 Å². The van der Waals surface area contributed by atoms with E-state index in [0.29, 0.717) is 4.88 Å². The van der Waals surface area contributed by atoms with Crippen LogP contribution in [0.2, 0.25) is 0 Å². The highest BCUT2D eigenvalue weighted by atomic mass is 32.1. The summed E-state index contributed by atoms with van der Waals surface area (Å²) in [4.78, 5) is 17.9. The van der Waals surface area contributed by atoms with Gasteiger partial charge in [-0.1, -0.05) is 29.5 Å². The third-order valence-corrected chi connectivity index (χ3v) is 3.32. The first-order valence-electron chi connectivity index (χ1n) is 5.01. The minimum absolute atomic E-state index is 0.0923. The summed E-state index contributed by atoms with van der Waals surface area (Å²) in [5.74, 6) is -0.0923. The zero-order valence-corrected chi connectivity index (χ0v) is 9.49. The molecule has 2 N–H and O–H groups in total. The van der Waals surface area contributed by atoms with Gasteiger partial charge in [0.2, 0.25) is 5.88 Å². The van der Waals surface area contributed by atoms with E-state index in [2.05, 4.69) is 9.98 Å². The van der Waals surface area contributed by atoms with Crippen LogP contribution in [0.4, 0.5) is 5.69 Å². The fourth-order valence-corrected chi connectivity index (χ4v) is 2.41. The molecule has 2 heterocycles. The number of benzene rings is 1. The summed E-state index contributed by atoms with van der Waals surface area (Å²) in [6.45, 7) is 0. The van der Waals surface area contributed by atoms with Crippen LogP contribution < -0.4 is 4.87 Å². The molecule has 0 radical (unpaired) electrons. The number of rotatable bonds is 1. The molecule has 2 aromatic rings. The van der Waals surface area contributed by atoms with E-state index in [1.54, 1.807) is 12.3 Å². The van der Waals surface area contributed by atoms with Gasteiger partial charge in [-0.3, -0.25) is 14.8 Å². The van der Waals surface area contributed by atoms with Crippen LogP contribution in [0.5, 0.6) is 5.88 Å². The van der Waals surface area contributed by atoms with Crippen LogP contribution in [0.25, 0.3) is 11.6 Å². The molecule has 0 spiro atoms. The Bertz CT molecular complexity index is 695. The molecule has 17 heavy (non-hydrogen) atoms. The van der Waals surface area contributed by atoms with Gasteiger partial charge in [-0.2, -0.15) is 0 Å². The molecule has 0 unspecified atom stereocenters. The maximum absolute atomic E-state index is 11.1. The number of para-hydroxylation sites is 1. The number of hydrogen-bond donors (Lipinski definition) is 2. The molecule has 1 aliphatic rings. The summed E-state index contributed by atoms with van der Waals surface area (Å²) in [7, 11) is 0. The van der Waals surface area contributed by atoms with E-state index in [1.807, 2.05) is 24.3 Å². The highest BCUT2D eigenvalue weighted by Crippen LogP contribution is 2.33. The van der Waals surface area contributed by atoms with Crippen LogP contribution >= 0.6 is 11.3 Å². The Morgan fingerprint density at radius 2 is 2.18 bits per heavy atom. The number of nitrogens with one attached hydrogen (secondary N) is 1. The van der Waals surface area contributed by atoms with Gasteiger partial charge in [-0.25, -0.2) is 0 Å². The minimum Gasteiger partial charge on any atom is -0.493 e. The van der Waals surface area contributed by atoms with Crippen molar-refractivity contribution in [3.63, 3.8) is 0 Å². The lowest BCUT2D eigenvalue weighted by atomic mass is 10.1. The summed E-state index contributed by atoms with van der Waals surface area (Å²) in [5.41, 5.74) is 2.81. The lowest BCUT2D eigenvalue weighted by Crippen LogP contribution is -1.89. The van der Waals surface area contributed by atoms with E-state index in [9.17, 15) is 9.90 Å². The summed E-state index contributed by atoms with van der Waals surface area (Å²) >= 11 is 0.977. The number of fused-ring (bicyclic) bond motifs is 1. The molecule has 1 aliphatic heterocycles. The molecule has 0 saturated heterocycles. The molecular formula is C12H8N2O2S. The Balaban J connectivity index is 2.11. The van der Waals surface area contributed by atoms with Gasteiger partial charge in [0.1, 0.15) is 0 Å². The third-order valence-electron chi connectivity index (χ3n) is 2.50. The van der Waals surface area contributed by atoms with Gasteiger partial charge in [-0.05, 0) is 12.1 Å². The van der Waals surface area contributed by atoms with Gasteiger partial charge in [0.25, 0.3) is 0 Å². The van der Waals surface area contributed by atoms with Crippen LogP contribution in [0.15, 0.2) is 34.1 Å². The zero-order valence-electron chi connectivity index (χ0n) is 8.68. The quantitative estimate of drug-likeness (QED) is 0.809. The molecule has 5 heteroatoms. The molecule has 4 nitrogen and oxygen atoms in total. The molecule has 3 rings (SSSR count). The topological polar surface area (TPSA) is 65.5 Å². The molecular weight excluding hydrogens is 236 g/mol. The Kier molecular flexibility index (Phi) is 2.19. The summed E-state index contributed by atoms with van der Waals surface area (Å²) in [6.07, 6.45) is 3.49. The average molecular weight is 244 g/mol. The molecule has 0 atom stereocenters. The summed E-state index contributed by atoms with van der Waals surface area (Å²) in [6, 6.07) is 7.73. The maximum atomic E-state index is 11.1. The van der Waals surface area contributed by atoms with E-state index < -0.39 is 0 Å². The van der Waals surface area contributed by atoms with Crippen molar-refractivity contribution in [3.05, 3.63) is 44.4 Å². The summed E-state index contributed by atoms with van der Waals surface area (Å²) < 4.78 is 0. The SMILES string of the molecule is O=c1[nH]c(O)c(/C=C2/C=Nc3ccccc32)s1. The number of aliphatic imine (C=N–C) groups is 1. The monoisotopic (exact) mass is 244 g/mol. The van der Waals surface area contributed by atoms with Crippen molar-refractivity contribution in [2.75, 3.05) is 0 Å². The molecule has 0 aliphatic carbocycles. The first-order valence-corrected chi connectivity index (χ1v) is 5.83. The lowest BCUT2D eigenvalue weighted by molar-refractivity contribution is 0.455. The van der Waals surface area contributed by atoms with Gasteiger partial charge in [0, 0.05) is 17.4 Å². The minimum atomic E-state index is -0.266. The van der Waals surface area contributed by atoms with E-state index in [1.165, 1.54) is 0 Å². The van der Waals surface area contributed by atoms with Crippen molar-refractivity contribution in [1.29, 1.82) is 0 Å². The first-order chi connectivity index (χ1) is 8.24. The van der Waals surface area contributed by atoms with Gasteiger partial charge in [-0.15, -0.1) is 0 Å². The highest BCUT2D eigenvalue weighted by Gasteiger charge is 2.12. The van der Waals surface area contributed by atoms with Gasteiger partial charge in [0.15, 0.2) is 0 Å². The molecule has 0 saturated carbocycles. The molecule has 84 valence electrons. The number of aromatic hydroxyl groups is 1. The first kappa shape index (κ1) is 10.0. The molecule has 0 fully saturated rings. The van der Waals surface area contributed by atoms with Crippen molar-refractivity contribution in [1.82, 2.24) is 4.98 Å². The van der Waals surface area contributed by atoms with Crippen LogP contribution in [-0.4, -0.2) is 16.3 Å². The highest BCUT2D eigenvalue weighted by molar-refractivity contribution is 7.10. The Morgan fingerprint density at radius 1 is 1.35 bits per heavy atom. The number of hydrogen-bond acceptors (Lipinski definition) is 4.